The highest BCUT2D eigenvalue weighted by Crippen LogP contribution is 2.31. The van der Waals surface area contributed by atoms with Crippen LogP contribution in [0.5, 0.6) is 0 Å². The molecule has 0 unspecified atom stereocenters. The molecule has 0 saturated heterocycles. The lowest BCUT2D eigenvalue weighted by molar-refractivity contribution is -0.124. The van der Waals surface area contributed by atoms with E-state index in [0.29, 0.717) is 6.42 Å². The van der Waals surface area contributed by atoms with Gasteiger partial charge in [0.1, 0.15) is 17.4 Å². The van der Waals surface area contributed by atoms with E-state index in [0.717, 1.165) is 5.57 Å². The lowest BCUT2D eigenvalue weighted by Gasteiger charge is -2.11. The maximum absolute atomic E-state index is 12.1. The quantitative estimate of drug-likeness (QED) is 0.591. The van der Waals surface area contributed by atoms with Crippen molar-refractivity contribution in [3.8, 4) is 0 Å². The molecule has 1 rings (SSSR count). The summed E-state index contributed by atoms with van der Waals surface area (Å²) in [6.07, 6.45) is 1.11. The molecule has 2 atom stereocenters. The van der Waals surface area contributed by atoms with E-state index in [4.69, 9.17) is 0 Å². The first-order chi connectivity index (χ1) is 8.75. The van der Waals surface area contributed by atoms with E-state index >= 15 is 0 Å². The van der Waals surface area contributed by atoms with Gasteiger partial charge < -0.3 is 10.2 Å². The summed E-state index contributed by atoms with van der Waals surface area (Å²) in [6, 6.07) is 0. The average Bonchev–Trinajstić information content (AvgIpc) is 2.47. The minimum absolute atomic E-state index is 0.106. The van der Waals surface area contributed by atoms with E-state index in [2.05, 4.69) is 0 Å². The number of rotatable bonds is 5. The Morgan fingerprint density at radius 2 is 1.95 bits per heavy atom. The van der Waals surface area contributed by atoms with Crippen molar-refractivity contribution >= 4 is 11.6 Å². The van der Waals surface area contributed by atoms with Crippen LogP contribution in [0.1, 0.15) is 40.5 Å². The van der Waals surface area contributed by atoms with Crippen molar-refractivity contribution in [2.75, 3.05) is 0 Å². The molecule has 0 aromatic heterocycles. The number of carbonyl (C=O) groups excluding carboxylic acids is 2. The number of aliphatic hydroxyl groups excluding tert-OH is 2. The molecule has 1 aliphatic rings. The molecular weight excluding hydrogens is 244 g/mol. The van der Waals surface area contributed by atoms with Crippen LogP contribution < -0.4 is 0 Å². The van der Waals surface area contributed by atoms with Gasteiger partial charge in [0.05, 0.1) is 5.92 Å². The Labute approximate surface area is 113 Å². The zero-order chi connectivity index (χ0) is 14.7. The zero-order valence-corrected chi connectivity index (χ0v) is 11.9. The molecule has 106 valence electrons. The highest BCUT2D eigenvalue weighted by molar-refractivity contribution is 6.23. The predicted molar refractivity (Wildman–Crippen MR) is 72.7 cm³/mol. The van der Waals surface area contributed by atoms with Gasteiger partial charge in [-0.25, -0.2) is 0 Å². The van der Waals surface area contributed by atoms with Crippen molar-refractivity contribution in [1.29, 1.82) is 0 Å². The first-order valence-electron chi connectivity index (χ1n) is 6.57. The van der Waals surface area contributed by atoms with Crippen molar-refractivity contribution in [1.82, 2.24) is 0 Å². The molecule has 0 radical (unpaired) electrons. The third-order valence-electron chi connectivity index (χ3n) is 3.15. The maximum atomic E-state index is 12.1. The molecule has 1 aliphatic carbocycles. The molecule has 2 N–H and O–H groups in total. The highest BCUT2D eigenvalue weighted by Gasteiger charge is 2.43. The van der Waals surface area contributed by atoms with Gasteiger partial charge in [0.25, 0.3) is 0 Å². The fraction of sp³-hybridized carbons (Fsp3) is 0.600. The molecule has 0 amide bonds. The van der Waals surface area contributed by atoms with Crippen LogP contribution in [0.15, 0.2) is 23.0 Å². The van der Waals surface area contributed by atoms with Gasteiger partial charge in [0.15, 0.2) is 11.6 Å². The molecule has 19 heavy (non-hydrogen) atoms. The number of carbonyl (C=O) groups is 2. The molecule has 0 aliphatic heterocycles. The van der Waals surface area contributed by atoms with E-state index in [1.807, 2.05) is 33.8 Å². The second kappa shape index (κ2) is 6.15. The number of allylic oxidation sites excluding steroid dienone is 3. The van der Waals surface area contributed by atoms with E-state index in [1.54, 1.807) is 0 Å². The van der Waals surface area contributed by atoms with Crippen molar-refractivity contribution in [3.63, 3.8) is 0 Å². The number of ketones is 2. The standard InChI is InChI=1S/C15H22O4/c1-8(2)5-6-10-13(17)12(15(19)14(10)18)11(16)7-9(3)4/h5,9-10,14,18-19H,6-7H2,1-4H3/t10-,14+/m0/s1. The summed E-state index contributed by atoms with van der Waals surface area (Å²) < 4.78 is 0. The summed E-state index contributed by atoms with van der Waals surface area (Å²) in [5.74, 6) is -1.90. The van der Waals surface area contributed by atoms with E-state index in [-0.39, 0.29) is 23.7 Å². The summed E-state index contributed by atoms with van der Waals surface area (Å²) in [5.41, 5.74) is 0.829. The van der Waals surface area contributed by atoms with Crippen LogP contribution >= 0.6 is 0 Å². The zero-order valence-electron chi connectivity index (χ0n) is 11.9. The SMILES string of the molecule is CC(C)=CC[C@H]1C(=O)C(C(=O)CC(C)C)=C(O)[C@@H]1O. The summed E-state index contributed by atoms with van der Waals surface area (Å²) in [5, 5.41) is 19.7. The van der Waals surface area contributed by atoms with Crippen LogP contribution in [-0.4, -0.2) is 27.9 Å². The lowest BCUT2D eigenvalue weighted by atomic mass is 9.94. The van der Waals surface area contributed by atoms with Gasteiger partial charge in [-0.15, -0.1) is 0 Å². The fourth-order valence-electron chi connectivity index (χ4n) is 2.15. The van der Waals surface area contributed by atoms with Crippen molar-refractivity contribution in [3.05, 3.63) is 23.0 Å². The summed E-state index contributed by atoms with van der Waals surface area (Å²) in [7, 11) is 0. The van der Waals surface area contributed by atoms with Crippen LogP contribution in [0.4, 0.5) is 0 Å². The largest absolute Gasteiger partial charge is 0.509 e. The summed E-state index contributed by atoms with van der Waals surface area (Å²) in [6.45, 7) is 7.52. The molecule has 0 spiro atoms. The van der Waals surface area contributed by atoms with Gasteiger partial charge in [0.2, 0.25) is 0 Å². The van der Waals surface area contributed by atoms with Crippen LogP contribution in [0.3, 0.4) is 0 Å². The first kappa shape index (κ1) is 15.6. The lowest BCUT2D eigenvalue weighted by Crippen LogP contribution is -2.23. The van der Waals surface area contributed by atoms with Gasteiger partial charge in [-0.3, -0.25) is 9.59 Å². The molecule has 4 heteroatoms. The van der Waals surface area contributed by atoms with Gasteiger partial charge in [-0.2, -0.15) is 0 Å². The molecular formula is C15H22O4. The minimum atomic E-state index is -1.26. The average molecular weight is 266 g/mol. The van der Waals surface area contributed by atoms with Crippen molar-refractivity contribution in [2.45, 2.75) is 46.6 Å². The van der Waals surface area contributed by atoms with Crippen molar-refractivity contribution in [2.24, 2.45) is 11.8 Å². The first-order valence-corrected chi connectivity index (χ1v) is 6.57. The molecule has 0 bridgehead atoms. The van der Waals surface area contributed by atoms with Crippen LogP contribution in [0, 0.1) is 11.8 Å². The van der Waals surface area contributed by atoms with Gasteiger partial charge >= 0.3 is 0 Å². The maximum Gasteiger partial charge on any atom is 0.176 e. The van der Waals surface area contributed by atoms with Crippen LogP contribution in [-0.2, 0) is 9.59 Å². The molecule has 0 heterocycles. The topological polar surface area (TPSA) is 74.6 Å². The van der Waals surface area contributed by atoms with E-state index in [9.17, 15) is 19.8 Å². The number of aliphatic hydroxyl groups is 2. The van der Waals surface area contributed by atoms with E-state index < -0.39 is 23.6 Å². The smallest absolute Gasteiger partial charge is 0.176 e. The van der Waals surface area contributed by atoms with Gasteiger partial charge in [-0.1, -0.05) is 25.5 Å². The molecule has 0 aromatic carbocycles. The third kappa shape index (κ3) is 3.53. The fourth-order valence-corrected chi connectivity index (χ4v) is 2.15. The normalized spacial score (nSPS) is 23.2. The van der Waals surface area contributed by atoms with Crippen LogP contribution in [0.25, 0.3) is 0 Å². The van der Waals surface area contributed by atoms with Crippen LogP contribution in [0.2, 0.25) is 0 Å². The Bertz CT molecular complexity index is 439. The van der Waals surface area contributed by atoms with Crippen molar-refractivity contribution < 1.29 is 19.8 Å². The molecule has 0 aromatic rings. The molecule has 0 saturated carbocycles. The molecule has 0 fully saturated rings. The van der Waals surface area contributed by atoms with E-state index in [1.165, 1.54) is 0 Å². The molecule has 4 nitrogen and oxygen atoms in total. The van der Waals surface area contributed by atoms with Gasteiger partial charge in [-0.05, 0) is 26.2 Å². The second-order valence-corrected chi connectivity index (χ2v) is 5.71. The third-order valence-corrected chi connectivity index (χ3v) is 3.15. The predicted octanol–water partition coefficient (Wildman–Crippen LogP) is 2.33. The number of Topliss-reactive ketones (excluding diaryl/α,β-unsaturated/α-hetero) is 2. The Kier molecular flexibility index (Phi) is 5.06. The monoisotopic (exact) mass is 266 g/mol. The Morgan fingerprint density at radius 1 is 1.37 bits per heavy atom. The minimum Gasteiger partial charge on any atom is -0.509 e. The van der Waals surface area contributed by atoms with Gasteiger partial charge in [0, 0.05) is 6.42 Å². The Balaban J connectivity index is 2.92. The Morgan fingerprint density at radius 3 is 2.42 bits per heavy atom. The highest BCUT2D eigenvalue weighted by atomic mass is 16.3. The second-order valence-electron chi connectivity index (χ2n) is 5.71. The number of hydrogen-bond donors (Lipinski definition) is 2. The summed E-state index contributed by atoms with van der Waals surface area (Å²) in [4.78, 5) is 24.1. The summed E-state index contributed by atoms with van der Waals surface area (Å²) >= 11 is 0. The number of hydrogen-bond acceptors (Lipinski definition) is 4. The Hall–Kier alpha value is -1.42.